The number of rotatable bonds is 16. The average molecular weight is 485 g/mol. The van der Waals surface area contributed by atoms with Crippen molar-refractivity contribution >= 4 is 34.7 Å². The van der Waals surface area contributed by atoms with Gasteiger partial charge in [-0.05, 0) is 44.1 Å². The number of hydrogen-bond donors (Lipinski definition) is 3. The van der Waals surface area contributed by atoms with Crippen LogP contribution in [0.4, 0.5) is 11.5 Å². The van der Waals surface area contributed by atoms with Gasteiger partial charge in [-0.15, -0.1) is 0 Å². The molecule has 0 spiro atoms. The average Bonchev–Trinajstić information content (AvgIpc) is 2.87. The van der Waals surface area contributed by atoms with Gasteiger partial charge in [0.05, 0.1) is 5.52 Å². The molecule has 1 aliphatic heterocycles. The molecular weight excluding hydrogens is 444 g/mol. The smallest absolute Gasteiger partial charge is 0.326 e. The maximum Gasteiger partial charge on any atom is 0.326 e. The number of aldehydes is 1. The standard InChI is InChI=1S/C26H40N6O3/c27-12-7-5-3-1-2-4-6-8-13-31-14-16-32(17-15-31)21-9-10-23-22(19-21)25(29-20-28-23)30-24(11-18-33)26(34)35/h9-10,18-20,24H,1-8,11-17,27H2,(H,34,35)(H,28,29,30). The Morgan fingerprint density at radius 3 is 2.37 bits per heavy atom. The number of aromatic nitrogens is 2. The van der Waals surface area contributed by atoms with Crippen molar-refractivity contribution in [1.29, 1.82) is 0 Å². The minimum atomic E-state index is -1.08. The highest BCUT2D eigenvalue weighted by Gasteiger charge is 2.20. The second kappa shape index (κ2) is 14.6. The monoisotopic (exact) mass is 484 g/mol. The van der Waals surface area contributed by atoms with E-state index in [1.165, 1.54) is 51.3 Å². The molecule has 1 fully saturated rings. The van der Waals surface area contributed by atoms with Crippen molar-refractivity contribution in [2.45, 2.75) is 63.8 Å². The van der Waals surface area contributed by atoms with Crippen molar-refractivity contribution in [2.75, 3.05) is 49.5 Å². The van der Waals surface area contributed by atoms with Crippen LogP contribution in [0.2, 0.25) is 0 Å². The Morgan fingerprint density at radius 1 is 1.03 bits per heavy atom. The summed E-state index contributed by atoms with van der Waals surface area (Å²) in [7, 11) is 0. The predicted octanol–water partition coefficient (Wildman–Crippen LogP) is 3.29. The van der Waals surface area contributed by atoms with E-state index in [4.69, 9.17) is 5.73 Å². The highest BCUT2D eigenvalue weighted by molar-refractivity contribution is 5.93. The largest absolute Gasteiger partial charge is 0.480 e. The summed E-state index contributed by atoms with van der Waals surface area (Å²) in [6.45, 7) is 5.95. The Balaban J connectivity index is 1.47. The van der Waals surface area contributed by atoms with E-state index in [0.717, 1.165) is 62.3 Å². The number of anilines is 2. The van der Waals surface area contributed by atoms with Crippen LogP contribution in [0.1, 0.15) is 57.8 Å². The summed E-state index contributed by atoms with van der Waals surface area (Å²) < 4.78 is 0. The number of fused-ring (bicyclic) bond motifs is 1. The lowest BCUT2D eigenvalue weighted by molar-refractivity contribution is -0.138. The number of nitrogens with one attached hydrogen (secondary N) is 1. The van der Waals surface area contributed by atoms with E-state index in [1.54, 1.807) is 0 Å². The van der Waals surface area contributed by atoms with Crippen LogP contribution < -0.4 is 16.0 Å². The zero-order valence-electron chi connectivity index (χ0n) is 20.7. The van der Waals surface area contributed by atoms with Gasteiger partial charge in [0.25, 0.3) is 0 Å². The molecule has 2 heterocycles. The second-order valence-electron chi connectivity index (χ2n) is 9.31. The third kappa shape index (κ3) is 8.43. The van der Waals surface area contributed by atoms with Crippen molar-refractivity contribution in [1.82, 2.24) is 14.9 Å². The van der Waals surface area contributed by atoms with Gasteiger partial charge in [0.1, 0.15) is 24.5 Å². The quantitative estimate of drug-likeness (QED) is 0.243. The lowest BCUT2D eigenvalue weighted by atomic mass is 10.1. The highest BCUT2D eigenvalue weighted by atomic mass is 16.4. The van der Waals surface area contributed by atoms with Gasteiger partial charge in [-0.3, -0.25) is 4.90 Å². The van der Waals surface area contributed by atoms with E-state index < -0.39 is 12.0 Å². The lowest BCUT2D eigenvalue weighted by Gasteiger charge is -2.36. The summed E-state index contributed by atoms with van der Waals surface area (Å²) in [4.78, 5) is 35.8. The van der Waals surface area contributed by atoms with Gasteiger partial charge >= 0.3 is 5.97 Å². The molecule has 1 aliphatic rings. The molecule has 1 aromatic carbocycles. The maximum absolute atomic E-state index is 11.5. The molecule has 1 aromatic heterocycles. The number of carbonyl (C=O) groups excluding carboxylic acids is 1. The van der Waals surface area contributed by atoms with Crippen LogP contribution >= 0.6 is 0 Å². The Hall–Kier alpha value is -2.78. The van der Waals surface area contributed by atoms with Crippen molar-refractivity contribution < 1.29 is 14.7 Å². The van der Waals surface area contributed by atoms with E-state index in [0.29, 0.717) is 12.1 Å². The molecule has 35 heavy (non-hydrogen) atoms. The van der Waals surface area contributed by atoms with Crippen molar-refractivity contribution in [2.24, 2.45) is 5.73 Å². The first-order valence-corrected chi connectivity index (χ1v) is 13.0. The zero-order chi connectivity index (χ0) is 24.9. The molecule has 0 amide bonds. The minimum absolute atomic E-state index is 0.128. The number of benzene rings is 1. The number of piperazine rings is 1. The van der Waals surface area contributed by atoms with Gasteiger partial charge in [-0.2, -0.15) is 0 Å². The minimum Gasteiger partial charge on any atom is -0.480 e. The fourth-order valence-corrected chi connectivity index (χ4v) is 4.61. The Labute approximate surface area is 208 Å². The number of hydrogen-bond acceptors (Lipinski definition) is 8. The predicted molar refractivity (Wildman–Crippen MR) is 140 cm³/mol. The molecule has 9 heteroatoms. The summed E-state index contributed by atoms with van der Waals surface area (Å²) in [5, 5.41) is 13.0. The normalized spacial score (nSPS) is 15.3. The molecule has 2 aromatic rings. The van der Waals surface area contributed by atoms with Gasteiger partial charge in [0.2, 0.25) is 0 Å². The summed E-state index contributed by atoms with van der Waals surface area (Å²) >= 11 is 0. The van der Waals surface area contributed by atoms with Gasteiger partial charge in [0, 0.05) is 43.7 Å². The summed E-state index contributed by atoms with van der Waals surface area (Å²) in [6.07, 6.45) is 12.2. The van der Waals surface area contributed by atoms with E-state index in [2.05, 4.69) is 31.2 Å². The SMILES string of the molecule is NCCCCCCCCCCN1CCN(c2ccc3ncnc(NC(CC=O)C(=O)O)c3c2)CC1. The molecule has 1 atom stereocenters. The summed E-state index contributed by atoms with van der Waals surface area (Å²) in [5.74, 6) is -0.650. The number of nitrogens with two attached hydrogens (primary N) is 1. The topological polar surface area (TPSA) is 125 Å². The third-order valence-electron chi connectivity index (χ3n) is 6.73. The molecule has 4 N–H and O–H groups in total. The molecule has 0 aliphatic carbocycles. The van der Waals surface area contributed by atoms with Crippen LogP contribution in [0.5, 0.6) is 0 Å². The number of carboxylic acids is 1. The van der Waals surface area contributed by atoms with Crippen LogP contribution in [0.3, 0.4) is 0 Å². The van der Waals surface area contributed by atoms with E-state index in [1.807, 2.05) is 12.1 Å². The van der Waals surface area contributed by atoms with Gasteiger partial charge in [-0.25, -0.2) is 14.8 Å². The Kier molecular flexibility index (Phi) is 11.2. The fourth-order valence-electron chi connectivity index (χ4n) is 4.61. The first kappa shape index (κ1) is 26.8. The number of nitrogens with zero attached hydrogens (tertiary/aromatic N) is 4. The molecule has 1 saturated heterocycles. The van der Waals surface area contributed by atoms with Gasteiger partial charge in [-0.1, -0.05) is 38.5 Å². The van der Waals surface area contributed by atoms with Crippen LogP contribution in [0.15, 0.2) is 24.5 Å². The van der Waals surface area contributed by atoms with E-state index in [-0.39, 0.29) is 6.42 Å². The number of unbranched alkanes of at least 4 members (excludes halogenated alkanes) is 7. The fraction of sp³-hybridized carbons (Fsp3) is 0.615. The molecule has 0 saturated carbocycles. The van der Waals surface area contributed by atoms with Gasteiger partial charge in [0.15, 0.2) is 0 Å². The van der Waals surface area contributed by atoms with Crippen LogP contribution in [0, 0.1) is 0 Å². The molecule has 3 rings (SSSR count). The van der Waals surface area contributed by atoms with Crippen molar-refractivity contribution in [3.63, 3.8) is 0 Å². The van der Waals surface area contributed by atoms with Crippen molar-refractivity contribution in [3.05, 3.63) is 24.5 Å². The first-order valence-electron chi connectivity index (χ1n) is 13.0. The van der Waals surface area contributed by atoms with Gasteiger partial charge < -0.3 is 25.9 Å². The molecular formula is C26H40N6O3. The number of carboxylic acid groups (broad SMARTS) is 1. The second-order valence-corrected chi connectivity index (χ2v) is 9.31. The first-order chi connectivity index (χ1) is 17.1. The lowest BCUT2D eigenvalue weighted by Crippen LogP contribution is -2.46. The molecule has 0 bridgehead atoms. The zero-order valence-corrected chi connectivity index (χ0v) is 20.7. The van der Waals surface area contributed by atoms with Crippen LogP contribution in [-0.2, 0) is 9.59 Å². The molecule has 192 valence electrons. The molecule has 9 nitrogen and oxygen atoms in total. The molecule has 1 unspecified atom stereocenters. The highest BCUT2D eigenvalue weighted by Crippen LogP contribution is 2.27. The van der Waals surface area contributed by atoms with Crippen molar-refractivity contribution in [3.8, 4) is 0 Å². The Morgan fingerprint density at radius 2 is 1.71 bits per heavy atom. The number of aliphatic carboxylic acids is 1. The number of carbonyl (C=O) groups is 2. The summed E-state index contributed by atoms with van der Waals surface area (Å²) in [5.41, 5.74) is 7.35. The third-order valence-corrected chi connectivity index (χ3v) is 6.73. The van der Waals surface area contributed by atoms with Crippen LogP contribution in [0.25, 0.3) is 10.9 Å². The molecule has 0 radical (unpaired) electrons. The van der Waals surface area contributed by atoms with E-state index in [9.17, 15) is 14.7 Å². The Bertz CT molecular complexity index is 932. The van der Waals surface area contributed by atoms with Crippen LogP contribution in [-0.4, -0.2) is 77.5 Å². The summed E-state index contributed by atoms with van der Waals surface area (Å²) in [6, 6.07) is 4.99. The van der Waals surface area contributed by atoms with E-state index >= 15 is 0 Å². The maximum atomic E-state index is 11.5.